The zero-order chi connectivity index (χ0) is 13.9. The van der Waals surface area contributed by atoms with Crippen molar-refractivity contribution in [3.63, 3.8) is 0 Å². The number of hydrogen-bond donors (Lipinski definition) is 3. The van der Waals surface area contributed by atoms with Crippen LogP contribution in [0.3, 0.4) is 0 Å². The highest BCUT2D eigenvalue weighted by Gasteiger charge is 2.05. The van der Waals surface area contributed by atoms with Gasteiger partial charge >= 0.3 is 0 Å². The number of anilines is 1. The maximum absolute atomic E-state index is 5.65. The van der Waals surface area contributed by atoms with E-state index in [-0.39, 0.29) is 0 Å². The molecule has 0 saturated heterocycles. The first kappa shape index (κ1) is 13.1. The lowest BCUT2D eigenvalue weighted by Crippen LogP contribution is -2.02. The topological polar surface area (TPSA) is 79.6 Å². The summed E-state index contributed by atoms with van der Waals surface area (Å²) >= 11 is 1.39. The molecule has 3 rings (SSSR count). The Balaban J connectivity index is 1.79. The Hall–Kier alpha value is -1.92. The first-order valence-electron chi connectivity index (χ1n) is 6.59. The van der Waals surface area contributed by atoms with E-state index in [0.29, 0.717) is 6.54 Å². The van der Waals surface area contributed by atoms with Crippen LogP contribution in [0.15, 0.2) is 24.4 Å². The van der Waals surface area contributed by atoms with Gasteiger partial charge in [0.25, 0.3) is 0 Å². The third kappa shape index (κ3) is 2.66. The van der Waals surface area contributed by atoms with E-state index in [1.807, 2.05) is 13.1 Å². The summed E-state index contributed by atoms with van der Waals surface area (Å²) in [6.45, 7) is 3.31. The van der Waals surface area contributed by atoms with E-state index < -0.39 is 0 Å². The number of nitrogens with one attached hydrogen (secondary N) is 2. The minimum Gasteiger partial charge on any atom is -0.361 e. The Kier molecular flexibility index (Phi) is 3.66. The van der Waals surface area contributed by atoms with E-state index in [4.69, 9.17) is 5.73 Å². The molecule has 0 fully saturated rings. The monoisotopic (exact) mass is 287 g/mol. The second-order valence-electron chi connectivity index (χ2n) is 4.73. The van der Waals surface area contributed by atoms with E-state index in [9.17, 15) is 0 Å². The molecule has 3 aromatic rings. The minimum atomic E-state index is 0.666. The van der Waals surface area contributed by atoms with Crippen LogP contribution >= 0.6 is 11.5 Å². The molecular weight excluding hydrogens is 270 g/mol. The van der Waals surface area contributed by atoms with Crippen LogP contribution in [-0.2, 0) is 13.0 Å². The third-order valence-corrected chi connectivity index (χ3v) is 3.98. The van der Waals surface area contributed by atoms with Gasteiger partial charge in [-0.1, -0.05) is 6.07 Å². The van der Waals surface area contributed by atoms with Gasteiger partial charge in [0.2, 0.25) is 5.13 Å². The Bertz CT molecular complexity index is 715. The maximum Gasteiger partial charge on any atom is 0.202 e. The maximum atomic E-state index is 5.65. The fraction of sp³-hybridized carbons (Fsp3) is 0.286. The van der Waals surface area contributed by atoms with Crippen molar-refractivity contribution in [2.24, 2.45) is 5.73 Å². The molecule has 6 heteroatoms. The Morgan fingerprint density at radius 2 is 2.30 bits per heavy atom. The van der Waals surface area contributed by atoms with Gasteiger partial charge in [-0.2, -0.15) is 4.37 Å². The number of hydrogen-bond acceptors (Lipinski definition) is 5. The summed E-state index contributed by atoms with van der Waals surface area (Å²) in [5, 5.41) is 5.41. The summed E-state index contributed by atoms with van der Waals surface area (Å²) in [6, 6.07) is 6.43. The van der Waals surface area contributed by atoms with Gasteiger partial charge in [0.15, 0.2) is 0 Å². The summed E-state index contributed by atoms with van der Waals surface area (Å²) in [5.41, 5.74) is 9.30. The molecule has 0 saturated carbocycles. The van der Waals surface area contributed by atoms with Gasteiger partial charge in [-0.05, 0) is 43.1 Å². The number of nitrogens with two attached hydrogens (primary N) is 1. The molecule has 20 heavy (non-hydrogen) atoms. The van der Waals surface area contributed by atoms with Gasteiger partial charge in [0, 0.05) is 35.2 Å². The quantitative estimate of drug-likeness (QED) is 0.673. The summed E-state index contributed by atoms with van der Waals surface area (Å²) in [5.74, 6) is 0.809. The van der Waals surface area contributed by atoms with Gasteiger partial charge in [-0.25, -0.2) is 4.98 Å². The summed E-state index contributed by atoms with van der Waals surface area (Å²) in [6.07, 6.45) is 2.94. The highest BCUT2D eigenvalue weighted by Crippen LogP contribution is 2.21. The summed E-state index contributed by atoms with van der Waals surface area (Å²) < 4.78 is 4.16. The molecule has 2 aromatic heterocycles. The van der Waals surface area contributed by atoms with E-state index in [1.165, 1.54) is 28.0 Å². The molecule has 5 nitrogen and oxygen atoms in total. The molecule has 0 atom stereocenters. The van der Waals surface area contributed by atoms with Gasteiger partial charge in [0.05, 0.1) is 0 Å². The smallest absolute Gasteiger partial charge is 0.202 e. The zero-order valence-electron chi connectivity index (χ0n) is 11.3. The fourth-order valence-electron chi connectivity index (χ4n) is 2.24. The number of fused-ring (bicyclic) bond motifs is 1. The van der Waals surface area contributed by atoms with E-state index in [2.05, 4.69) is 37.9 Å². The molecule has 0 aliphatic carbocycles. The van der Waals surface area contributed by atoms with Crippen LogP contribution in [-0.4, -0.2) is 20.9 Å². The number of aromatic nitrogens is 3. The number of aryl methyl sites for hydroxylation is 1. The van der Waals surface area contributed by atoms with Crippen molar-refractivity contribution in [1.29, 1.82) is 0 Å². The van der Waals surface area contributed by atoms with Crippen molar-refractivity contribution in [2.45, 2.75) is 19.9 Å². The molecule has 1 aromatic carbocycles. The largest absolute Gasteiger partial charge is 0.361 e. The van der Waals surface area contributed by atoms with Crippen molar-refractivity contribution in [2.75, 3.05) is 11.9 Å². The number of nitrogens with zero attached hydrogens (tertiary/aromatic N) is 2. The van der Waals surface area contributed by atoms with Crippen LogP contribution in [0.5, 0.6) is 0 Å². The van der Waals surface area contributed by atoms with Gasteiger partial charge in [-0.3, -0.25) is 0 Å². The van der Waals surface area contributed by atoms with Gasteiger partial charge < -0.3 is 16.0 Å². The molecule has 0 radical (unpaired) electrons. The minimum absolute atomic E-state index is 0.666. The van der Waals surface area contributed by atoms with Crippen molar-refractivity contribution in [3.8, 4) is 0 Å². The first-order valence-corrected chi connectivity index (χ1v) is 7.37. The molecule has 0 unspecified atom stereocenters. The number of rotatable bonds is 5. The standard InChI is InChI=1S/C14H17N5S/c1-9-18-14(20-19-9)17-7-10-2-3-13-12(6-10)11(4-5-15)8-16-13/h2-3,6,8,16H,4-5,7,15H2,1H3,(H,17,18,19). The first-order chi connectivity index (χ1) is 9.76. The average molecular weight is 287 g/mol. The second-order valence-corrected chi connectivity index (χ2v) is 5.48. The molecule has 104 valence electrons. The van der Waals surface area contributed by atoms with Gasteiger partial charge in [0.1, 0.15) is 5.82 Å². The van der Waals surface area contributed by atoms with Crippen molar-refractivity contribution in [1.82, 2.24) is 14.3 Å². The van der Waals surface area contributed by atoms with Crippen molar-refractivity contribution in [3.05, 3.63) is 41.3 Å². The highest BCUT2D eigenvalue weighted by molar-refractivity contribution is 7.09. The second kappa shape index (κ2) is 5.60. The van der Waals surface area contributed by atoms with Gasteiger partial charge in [-0.15, -0.1) is 0 Å². The van der Waals surface area contributed by atoms with Crippen LogP contribution in [0.25, 0.3) is 10.9 Å². The SMILES string of the molecule is Cc1nsc(NCc2ccc3[nH]cc(CCN)c3c2)n1. The zero-order valence-corrected chi connectivity index (χ0v) is 12.1. The van der Waals surface area contributed by atoms with Crippen LogP contribution in [0.2, 0.25) is 0 Å². The normalized spacial score (nSPS) is 11.1. The highest BCUT2D eigenvalue weighted by atomic mass is 32.1. The van der Waals surface area contributed by atoms with E-state index in [1.54, 1.807) is 0 Å². The van der Waals surface area contributed by atoms with Crippen LogP contribution in [0, 0.1) is 6.92 Å². The van der Waals surface area contributed by atoms with Crippen LogP contribution in [0.4, 0.5) is 5.13 Å². The average Bonchev–Trinajstić information content (AvgIpc) is 3.04. The molecule has 0 spiro atoms. The number of H-pyrrole nitrogens is 1. The Morgan fingerprint density at radius 3 is 3.05 bits per heavy atom. The Morgan fingerprint density at radius 1 is 1.40 bits per heavy atom. The van der Waals surface area contributed by atoms with E-state index in [0.717, 1.165) is 29.4 Å². The molecule has 0 bridgehead atoms. The van der Waals surface area contributed by atoms with Crippen LogP contribution in [0.1, 0.15) is 17.0 Å². The van der Waals surface area contributed by atoms with Crippen LogP contribution < -0.4 is 11.1 Å². The van der Waals surface area contributed by atoms with Crippen molar-refractivity contribution < 1.29 is 0 Å². The molecule has 0 amide bonds. The Labute approximate surface area is 121 Å². The fourth-order valence-corrected chi connectivity index (χ4v) is 2.81. The van der Waals surface area contributed by atoms with E-state index >= 15 is 0 Å². The molecule has 2 heterocycles. The molecule has 0 aliphatic heterocycles. The number of benzene rings is 1. The summed E-state index contributed by atoms with van der Waals surface area (Å²) in [7, 11) is 0. The summed E-state index contributed by atoms with van der Waals surface area (Å²) in [4.78, 5) is 7.58. The molecular formula is C14H17N5S. The lowest BCUT2D eigenvalue weighted by atomic mass is 10.1. The lowest BCUT2D eigenvalue weighted by Gasteiger charge is -2.04. The molecule has 4 N–H and O–H groups in total. The molecule has 0 aliphatic rings. The lowest BCUT2D eigenvalue weighted by molar-refractivity contribution is 0.976. The predicted octanol–water partition coefficient (Wildman–Crippen LogP) is 2.44. The predicted molar refractivity (Wildman–Crippen MR) is 83.0 cm³/mol. The third-order valence-electron chi connectivity index (χ3n) is 3.22. The van der Waals surface area contributed by atoms with Crippen molar-refractivity contribution >= 4 is 27.6 Å². The number of aromatic amines is 1.